The number of hydrogen-bond acceptors (Lipinski definition) is 3. The highest BCUT2D eigenvalue weighted by Crippen LogP contribution is 2.18. The van der Waals surface area contributed by atoms with Gasteiger partial charge >= 0.3 is 5.97 Å². The van der Waals surface area contributed by atoms with Crippen molar-refractivity contribution in [2.45, 2.75) is 51.1 Å². The lowest BCUT2D eigenvalue weighted by Crippen LogP contribution is -2.30. The van der Waals surface area contributed by atoms with Crippen LogP contribution in [0, 0.1) is 0 Å². The van der Waals surface area contributed by atoms with E-state index < -0.39 is 0 Å². The van der Waals surface area contributed by atoms with Gasteiger partial charge in [0.2, 0.25) is 0 Å². The average molecular weight is 261 g/mol. The van der Waals surface area contributed by atoms with Crippen LogP contribution in [-0.4, -0.2) is 19.1 Å². The maximum atomic E-state index is 11.4. The Hall–Kier alpha value is -1.35. The summed E-state index contributed by atoms with van der Waals surface area (Å²) < 4.78 is 4.74. The van der Waals surface area contributed by atoms with Gasteiger partial charge in [0.25, 0.3) is 0 Å². The van der Waals surface area contributed by atoms with E-state index in [0.29, 0.717) is 12.5 Å². The summed E-state index contributed by atoms with van der Waals surface area (Å²) in [6.07, 6.45) is 6.96. The highest BCUT2D eigenvalue weighted by atomic mass is 16.5. The van der Waals surface area contributed by atoms with Crippen molar-refractivity contribution in [3.63, 3.8) is 0 Å². The lowest BCUT2D eigenvalue weighted by Gasteiger charge is -2.23. The molecule has 1 aromatic rings. The number of esters is 1. The van der Waals surface area contributed by atoms with Crippen LogP contribution in [0.1, 0.15) is 43.2 Å². The smallest absolute Gasteiger partial charge is 0.309 e. The molecule has 19 heavy (non-hydrogen) atoms. The quantitative estimate of drug-likeness (QED) is 0.828. The molecule has 0 heterocycles. The topological polar surface area (TPSA) is 38.3 Å². The zero-order chi connectivity index (χ0) is 13.5. The molecular weight excluding hydrogens is 238 g/mol. The van der Waals surface area contributed by atoms with E-state index in [1.165, 1.54) is 44.8 Å². The molecule has 0 spiro atoms. The lowest BCUT2D eigenvalue weighted by atomic mass is 9.95. The molecule has 0 amide bonds. The molecule has 0 saturated heterocycles. The van der Waals surface area contributed by atoms with Crippen LogP contribution in [0.15, 0.2) is 24.3 Å². The molecule has 3 heteroatoms. The van der Waals surface area contributed by atoms with Gasteiger partial charge in [0.05, 0.1) is 13.5 Å². The number of ether oxygens (including phenoxy) is 1. The zero-order valence-corrected chi connectivity index (χ0v) is 11.7. The maximum Gasteiger partial charge on any atom is 0.309 e. The van der Waals surface area contributed by atoms with E-state index in [4.69, 9.17) is 4.74 Å². The van der Waals surface area contributed by atoms with Gasteiger partial charge in [0.15, 0.2) is 0 Å². The van der Waals surface area contributed by atoms with Crippen molar-refractivity contribution < 1.29 is 9.53 Å². The van der Waals surface area contributed by atoms with Gasteiger partial charge in [-0.3, -0.25) is 4.79 Å². The molecule has 1 aromatic carbocycles. The minimum atomic E-state index is -0.176. The predicted molar refractivity (Wildman–Crippen MR) is 75.9 cm³/mol. The third-order valence-electron chi connectivity index (χ3n) is 3.87. The highest BCUT2D eigenvalue weighted by molar-refractivity contribution is 5.72. The molecule has 0 bridgehead atoms. The minimum absolute atomic E-state index is 0.176. The first-order valence-electron chi connectivity index (χ1n) is 7.16. The molecule has 1 fully saturated rings. The molecule has 1 saturated carbocycles. The van der Waals surface area contributed by atoms with Crippen molar-refractivity contribution in [1.82, 2.24) is 5.32 Å². The molecule has 2 rings (SSSR count). The van der Waals surface area contributed by atoms with Crippen molar-refractivity contribution in [3.8, 4) is 0 Å². The van der Waals surface area contributed by atoms with E-state index in [0.717, 1.165) is 12.1 Å². The molecule has 1 aliphatic carbocycles. The largest absolute Gasteiger partial charge is 0.469 e. The van der Waals surface area contributed by atoms with Gasteiger partial charge in [-0.1, -0.05) is 43.5 Å². The maximum absolute atomic E-state index is 11.4. The first kappa shape index (κ1) is 14.1. The van der Waals surface area contributed by atoms with E-state index in [1.807, 2.05) is 18.2 Å². The fraction of sp³-hybridized carbons (Fsp3) is 0.562. The van der Waals surface area contributed by atoms with Gasteiger partial charge in [-0.25, -0.2) is 0 Å². The van der Waals surface area contributed by atoms with Crippen LogP contribution >= 0.6 is 0 Å². The van der Waals surface area contributed by atoms with Gasteiger partial charge in [-0.2, -0.15) is 0 Å². The summed E-state index contributed by atoms with van der Waals surface area (Å²) in [6.45, 7) is 0.845. The summed E-state index contributed by atoms with van der Waals surface area (Å²) in [4.78, 5) is 11.4. The Balaban J connectivity index is 1.93. The van der Waals surface area contributed by atoms with E-state index in [2.05, 4.69) is 11.4 Å². The van der Waals surface area contributed by atoms with Crippen LogP contribution in [0.3, 0.4) is 0 Å². The van der Waals surface area contributed by atoms with Crippen molar-refractivity contribution >= 4 is 5.97 Å². The SMILES string of the molecule is COC(=O)Cc1ccccc1CNC1CCCCC1. The summed E-state index contributed by atoms with van der Waals surface area (Å²) in [5, 5.41) is 3.62. The van der Waals surface area contributed by atoms with Crippen LogP contribution < -0.4 is 5.32 Å². The van der Waals surface area contributed by atoms with Gasteiger partial charge < -0.3 is 10.1 Å². The Morgan fingerprint density at radius 1 is 1.21 bits per heavy atom. The van der Waals surface area contributed by atoms with Crippen LogP contribution in [0.25, 0.3) is 0 Å². The highest BCUT2D eigenvalue weighted by Gasteiger charge is 2.13. The number of carbonyl (C=O) groups is 1. The second-order valence-corrected chi connectivity index (χ2v) is 5.24. The number of hydrogen-bond donors (Lipinski definition) is 1. The third-order valence-corrected chi connectivity index (χ3v) is 3.87. The van der Waals surface area contributed by atoms with Gasteiger partial charge in [0, 0.05) is 12.6 Å². The Morgan fingerprint density at radius 2 is 1.89 bits per heavy atom. The van der Waals surface area contributed by atoms with E-state index in [9.17, 15) is 4.79 Å². The van der Waals surface area contributed by atoms with Gasteiger partial charge in [0.1, 0.15) is 0 Å². The summed E-state index contributed by atoms with van der Waals surface area (Å²) >= 11 is 0. The molecule has 0 unspecified atom stereocenters. The molecular formula is C16H23NO2. The fourth-order valence-corrected chi connectivity index (χ4v) is 2.69. The number of methoxy groups -OCH3 is 1. The Morgan fingerprint density at radius 3 is 2.58 bits per heavy atom. The predicted octanol–water partition coefficient (Wildman–Crippen LogP) is 2.82. The second-order valence-electron chi connectivity index (χ2n) is 5.24. The van der Waals surface area contributed by atoms with Gasteiger partial charge in [-0.05, 0) is 24.0 Å². The van der Waals surface area contributed by atoms with Crippen molar-refractivity contribution in [1.29, 1.82) is 0 Å². The number of rotatable bonds is 5. The first-order chi connectivity index (χ1) is 9.29. The molecule has 1 N–H and O–H groups in total. The summed E-state index contributed by atoms with van der Waals surface area (Å²) in [7, 11) is 1.44. The summed E-state index contributed by atoms with van der Waals surface area (Å²) in [5.74, 6) is -0.176. The molecule has 0 atom stereocenters. The number of carbonyl (C=O) groups excluding carboxylic acids is 1. The van der Waals surface area contributed by atoms with Crippen LogP contribution in [0.5, 0.6) is 0 Å². The molecule has 0 aromatic heterocycles. The van der Waals surface area contributed by atoms with Crippen molar-refractivity contribution in [2.75, 3.05) is 7.11 Å². The van der Waals surface area contributed by atoms with Gasteiger partial charge in [-0.15, -0.1) is 0 Å². The van der Waals surface area contributed by atoms with E-state index in [-0.39, 0.29) is 5.97 Å². The zero-order valence-electron chi connectivity index (χ0n) is 11.7. The monoisotopic (exact) mass is 261 g/mol. The normalized spacial score (nSPS) is 16.3. The lowest BCUT2D eigenvalue weighted by molar-refractivity contribution is -0.139. The van der Waals surface area contributed by atoms with Crippen molar-refractivity contribution in [3.05, 3.63) is 35.4 Å². The standard InChI is InChI=1S/C16H23NO2/c1-19-16(18)11-13-7-5-6-8-14(13)12-17-15-9-3-2-4-10-15/h5-8,15,17H,2-4,9-12H2,1H3. The van der Waals surface area contributed by atoms with Crippen LogP contribution in [0.2, 0.25) is 0 Å². The molecule has 0 aliphatic heterocycles. The fourth-order valence-electron chi connectivity index (χ4n) is 2.69. The number of benzene rings is 1. The third kappa shape index (κ3) is 4.35. The summed E-state index contributed by atoms with van der Waals surface area (Å²) in [5.41, 5.74) is 2.27. The second kappa shape index (κ2) is 7.29. The molecule has 0 radical (unpaired) electrons. The van der Waals surface area contributed by atoms with Crippen LogP contribution in [-0.2, 0) is 22.5 Å². The van der Waals surface area contributed by atoms with Crippen LogP contribution in [0.4, 0.5) is 0 Å². The molecule has 1 aliphatic rings. The van der Waals surface area contributed by atoms with E-state index in [1.54, 1.807) is 0 Å². The molecule has 3 nitrogen and oxygen atoms in total. The Bertz CT molecular complexity index is 411. The van der Waals surface area contributed by atoms with E-state index >= 15 is 0 Å². The Kier molecular flexibility index (Phi) is 5.40. The first-order valence-corrected chi connectivity index (χ1v) is 7.16. The summed E-state index contributed by atoms with van der Waals surface area (Å²) in [6, 6.07) is 8.74. The molecule has 104 valence electrons. The number of nitrogens with one attached hydrogen (secondary N) is 1. The average Bonchev–Trinajstić information content (AvgIpc) is 2.47. The minimum Gasteiger partial charge on any atom is -0.469 e. The Labute approximate surface area is 115 Å². The van der Waals surface area contributed by atoms with Crippen molar-refractivity contribution in [2.24, 2.45) is 0 Å².